The van der Waals surface area contributed by atoms with Gasteiger partial charge in [-0.15, -0.1) is 5.10 Å². The average molecular weight is 426 g/mol. The van der Waals surface area contributed by atoms with Crippen LogP contribution in [0.5, 0.6) is 0 Å². The Hall–Kier alpha value is -0.240. The maximum atomic E-state index is 10.3. The second-order valence-electron chi connectivity index (χ2n) is 3.46. The monoisotopic (exact) mass is 423 g/mol. The van der Waals surface area contributed by atoms with E-state index in [2.05, 4.69) is 58.1 Å². The van der Waals surface area contributed by atoms with Crippen LogP contribution in [0.3, 0.4) is 0 Å². The van der Waals surface area contributed by atoms with Gasteiger partial charge in [-0.2, -0.15) is 0 Å². The topological polar surface area (TPSA) is 50.9 Å². The summed E-state index contributed by atoms with van der Waals surface area (Å²) in [5, 5.41) is 18.0. The predicted octanol–water partition coefficient (Wildman–Crippen LogP) is 3.18. The summed E-state index contributed by atoms with van der Waals surface area (Å²) < 4.78 is 3.86. The van der Waals surface area contributed by atoms with Crippen molar-refractivity contribution < 1.29 is 5.11 Å². The van der Waals surface area contributed by atoms with Crippen LogP contribution in [0.4, 0.5) is 0 Å². The molecule has 1 heterocycles. The first-order valence-corrected chi connectivity index (χ1v) is 7.06. The second kappa shape index (κ2) is 5.17. The molecule has 1 unspecified atom stereocenters. The number of rotatable bonds is 2. The van der Waals surface area contributed by atoms with Crippen LogP contribution in [0.25, 0.3) is 0 Å². The molecule has 7 heteroatoms. The van der Waals surface area contributed by atoms with Crippen LogP contribution in [0.1, 0.15) is 17.4 Å². The minimum Gasteiger partial charge on any atom is -0.382 e. The first kappa shape index (κ1) is 13.2. The molecule has 0 aliphatic carbocycles. The fourth-order valence-corrected chi connectivity index (χ4v) is 3.31. The zero-order valence-electron chi connectivity index (χ0n) is 8.73. The van der Waals surface area contributed by atoms with Gasteiger partial charge in [0.25, 0.3) is 0 Å². The summed E-state index contributed by atoms with van der Waals surface area (Å²) in [6.45, 7) is 0. The molecule has 1 N–H and O–H groups in total. The van der Waals surface area contributed by atoms with Gasteiger partial charge in [0.15, 0.2) is 4.60 Å². The Kier molecular flexibility index (Phi) is 4.02. The van der Waals surface area contributed by atoms with Crippen molar-refractivity contribution in [3.05, 3.63) is 43.0 Å². The highest BCUT2D eigenvalue weighted by molar-refractivity contribution is 9.11. The lowest BCUT2D eigenvalue weighted by Crippen LogP contribution is -2.07. The van der Waals surface area contributed by atoms with E-state index in [1.165, 1.54) is 0 Å². The van der Waals surface area contributed by atoms with Gasteiger partial charge in [-0.05, 0) is 28.1 Å². The Morgan fingerprint density at radius 3 is 2.53 bits per heavy atom. The van der Waals surface area contributed by atoms with Crippen LogP contribution >= 0.6 is 47.8 Å². The third kappa shape index (κ3) is 2.62. The fourth-order valence-electron chi connectivity index (χ4n) is 1.50. The molecule has 17 heavy (non-hydrogen) atoms. The van der Waals surface area contributed by atoms with Crippen molar-refractivity contribution in [1.82, 2.24) is 15.0 Å². The second-order valence-corrected chi connectivity index (χ2v) is 5.98. The van der Waals surface area contributed by atoms with Gasteiger partial charge in [0.2, 0.25) is 0 Å². The van der Waals surface area contributed by atoms with Gasteiger partial charge in [0, 0.05) is 21.6 Å². The van der Waals surface area contributed by atoms with E-state index in [4.69, 9.17) is 0 Å². The molecule has 0 saturated carbocycles. The minimum absolute atomic E-state index is 0.544. The van der Waals surface area contributed by atoms with Gasteiger partial charge < -0.3 is 5.11 Å². The van der Waals surface area contributed by atoms with Crippen molar-refractivity contribution in [2.75, 3.05) is 0 Å². The van der Waals surface area contributed by atoms with E-state index in [-0.39, 0.29) is 0 Å². The standard InChI is InChI=1S/C10H8Br3N3O/c1-16-8(10(13)14-15-16)9(17)6-3-2-5(11)4-7(6)12/h2-4,9,17H,1H3. The maximum absolute atomic E-state index is 10.3. The molecule has 0 saturated heterocycles. The van der Waals surface area contributed by atoms with E-state index >= 15 is 0 Å². The van der Waals surface area contributed by atoms with E-state index in [0.29, 0.717) is 10.3 Å². The Morgan fingerprint density at radius 2 is 2.00 bits per heavy atom. The van der Waals surface area contributed by atoms with Crippen LogP contribution in [0.15, 0.2) is 31.7 Å². The van der Waals surface area contributed by atoms with E-state index in [1.54, 1.807) is 11.7 Å². The molecule has 4 nitrogen and oxygen atoms in total. The first-order chi connectivity index (χ1) is 8.00. The number of halogens is 3. The van der Waals surface area contributed by atoms with Gasteiger partial charge in [-0.1, -0.05) is 43.1 Å². The number of hydrogen-bond acceptors (Lipinski definition) is 3. The van der Waals surface area contributed by atoms with Gasteiger partial charge in [0.05, 0.1) is 0 Å². The molecule has 2 rings (SSSR count). The normalized spacial score (nSPS) is 12.8. The first-order valence-electron chi connectivity index (χ1n) is 4.68. The summed E-state index contributed by atoms with van der Waals surface area (Å²) in [7, 11) is 1.74. The highest BCUT2D eigenvalue weighted by atomic mass is 79.9. The maximum Gasteiger partial charge on any atom is 0.154 e. The van der Waals surface area contributed by atoms with E-state index < -0.39 is 6.10 Å². The zero-order chi connectivity index (χ0) is 12.6. The number of nitrogens with zero attached hydrogens (tertiary/aromatic N) is 3. The molecular formula is C10H8Br3N3O. The summed E-state index contributed by atoms with van der Waals surface area (Å²) in [6, 6.07) is 5.61. The number of aromatic nitrogens is 3. The van der Waals surface area contributed by atoms with Gasteiger partial charge >= 0.3 is 0 Å². The Balaban J connectivity index is 2.47. The molecule has 0 amide bonds. The molecule has 0 aliphatic rings. The molecule has 0 radical (unpaired) electrons. The molecule has 0 spiro atoms. The van der Waals surface area contributed by atoms with E-state index in [0.717, 1.165) is 14.5 Å². The average Bonchev–Trinajstić information content (AvgIpc) is 2.58. The third-order valence-corrected chi connectivity index (χ3v) is 4.09. The summed E-state index contributed by atoms with van der Waals surface area (Å²) >= 11 is 10.1. The van der Waals surface area contributed by atoms with Crippen molar-refractivity contribution in [2.24, 2.45) is 7.05 Å². The predicted molar refractivity (Wildman–Crippen MR) is 74.6 cm³/mol. The fraction of sp³-hybridized carbons (Fsp3) is 0.200. The molecule has 1 aromatic carbocycles. The van der Waals surface area contributed by atoms with Crippen molar-refractivity contribution in [3.8, 4) is 0 Å². The highest BCUT2D eigenvalue weighted by Gasteiger charge is 2.21. The molecule has 0 aliphatic heterocycles. The molecule has 0 bridgehead atoms. The van der Waals surface area contributed by atoms with Crippen LogP contribution < -0.4 is 0 Å². The van der Waals surface area contributed by atoms with Crippen LogP contribution in [0.2, 0.25) is 0 Å². The Labute approximate surface area is 123 Å². The lowest BCUT2D eigenvalue weighted by atomic mass is 10.1. The SMILES string of the molecule is Cn1nnc(Br)c1C(O)c1ccc(Br)cc1Br. The molecule has 1 aromatic heterocycles. The smallest absolute Gasteiger partial charge is 0.154 e. The van der Waals surface area contributed by atoms with Crippen molar-refractivity contribution in [3.63, 3.8) is 0 Å². The molecule has 2 aromatic rings. The minimum atomic E-state index is -0.785. The lowest BCUT2D eigenvalue weighted by Gasteiger charge is -2.13. The summed E-state index contributed by atoms with van der Waals surface area (Å²) in [5.41, 5.74) is 1.38. The van der Waals surface area contributed by atoms with Crippen LogP contribution in [-0.2, 0) is 7.05 Å². The number of hydrogen-bond donors (Lipinski definition) is 1. The lowest BCUT2D eigenvalue weighted by molar-refractivity contribution is 0.208. The molecule has 0 fully saturated rings. The molecule has 1 atom stereocenters. The quantitative estimate of drug-likeness (QED) is 0.804. The largest absolute Gasteiger partial charge is 0.382 e. The van der Waals surface area contributed by atoms with E-state index in [9.17, 15) is 5.11 Å². The summed E-state index contributed by atoms with van der Waals surface area (Å²) in [4.78, 5) is 0. The third-order valence-electron chi connectivity index (χ3n) is 2.34. The van der Waals surface area contributed by atoms with Gasteiger partial charge in [0.1, 0.15) is 11.8 Å². The zero-order valence-corrected chi connectivity index (χ0v) is 13.5. The highest BCUT2D eigenvalue weighted by Crippen LogP contribution is 2.32. The van der Waals surface area contributed by atoms with Crippen molar-refractivity contribution in [2.45, 2.75) is 6.10 Å². The molecular weight excluding hydrogens is 418 g/mol. The Morgan fingerprint density at radius 1 is 1.29 bits per heavy atom. The molecule has 90 valence electrons. The Bertz CT molecular complexity index is 536. The summed E-state index contributed by atoms with van der Waals surface area (Å²) in [5.74, 6) is 0. The van der Waals surface area contributed by atoms with Crippen LogP contribution in [0, 0.1) is 0 Å². The van der Waals surface area contributed by atoms with Gasteiger partial charge in [-0.3, -0.25) is 0 Å². The number of aryl methyl sites for hydroxylation is 1. The van der Waals surface area contributed by atoms with Crippen molar-refractivity contribution >= 4 is 47.8 Å². The van der Waals surface area contributed by atoms with Gasteiger partial charge in [-0.25, -0.2) is 4.68 Å². The number of aliphatic hydroxyl groups excluding tert-OH is 1. The number of aliphatic hydroxyl groups is 1. The number of benzene rings is 1. The van der Waals surface area contributed by atoms with Crippen molar-refractivity contribution in [1.29, 1.82) is 0 Å². The summed E-state index contributed by atoms with van der Waals surface area (Å²) in [6.07, 6.45) is -0.785. The van der Waals surface area contributed by atoms with Crippen LogP contribution in [-0.4, -0.2) is 20.1 Å². The van der Waals surface area contributed by atoms with E-state index in [1.807, 2.05) is 18.2 Å².